The molecular formula is C39H40FNO. The maximum Gasteiger partial charge on any atom is 0.318 e. The molecule has 0 fully saturated rings. The van der Waals surface area contributed by atoms with Crippen LogP contribution in [-0.2, 0) is 11.8 Å². The fraction of sp³-hybridized carbons (Fsp3) is 0.282. The zero-order valence-corrected chi connectivity index (χ0v) is 26.1. The Morgan fingerprint density at radius 2 is 1.62 bits per heavy atom. The summed E-state index contributed by atoms with van der Waals surface area (Å²) in [6, 6.07) is 20.0. The van der Waals surface area contributed by atoms with Crippen molar-refractivity contribution in [3.63, 3.8) is 0 Å². The molecular weight excluding hydrogens is 517 g/mol. The number of furan rings is 1. The van der Waals surface area contributed by atoms with E-state index in [1.54, 1.807) is 0 Å². The molecule has 0 unspecified atom stereocenters. The summed E-state index contributed by atoms with van der Waals surface area (Å²) in [5.74, 6) is 0.894. The Morgan fingerprint density at radius 1 is 0.952 bits per heavy atom. The van der Waals surface area contributed by atoms with E-state index >= 15 is 4.39 Å². The van der Waals surface area contributed by atoms with Crippen molar-refractivity contribution < 1.29 is 13.4 Å². The van der Waals surface area contributed by atoms with Gasteiger partial charge >= 0.3 is 11.3 Å². The molecule has 0 saturated carbocycles. The molecule has 0 saturated heterocycles. The molecule has 0 amide bonds. The number of fused-ring (bicyclic) bond motifs is 4. The van der Waals surface area contributed by atoms with Gasteiger partial charge in [-0.15, -0.1) is 12.1 Å². The SMILES string of the molecule is C=[N+]1C=Cc2c([o+][c-]3c(F)c(-c4c(C)cc(CC(C)C)cc4C)ccc23)[C-]1c1cc(C(C)(C)C)c2ccccc2c1C. The Hall–Kier alpha value is -4.11. The van der Waals surface area contributed by atoms with Crippen LogP contribution in [0.4, 0.5) is 4.39 Å². The number of aryl methyl sites for hydroxylation is 3. The predicted molar refractivity (Wildman–Crippen MR) is 175 cm³/mol. The minimum absolute atomic E-state index is 0.0721. The first kappa shape index (κ1) is 28.0. The van der Waals surface area contributed by atoms with Crippen molar-refractivity contribution in [1.82, 2.24) is 0 Å². The first-order valence-electron chi connectivity index (χ1n) is 14.9. The van der Waals surface area contributed by atoms with Gasteiger partial charge in [-0.1, -0.05) is 106 Å². The number of nitrogens with zero attached hydrogens (tertiary/aromatic N) is 1. The molecule has 1 aliphatic heterocycles. The largest absolute Gasteiger partial charge is 0.318 e. The van der Waals surface area contributed by atoms with Gasteiger partial charge in [-0.2, -0.15) is 0 Å². The number of hydrogen-bond donors (Lipinski definition) is 0. The van der Waals surface area contributed by atoms with Crippen molar-refractivity contribution in [2.75, 3.05) is 0 Å². The number of rotatable bonds is 4. The van der Waals surface area contributed by atoms with Crippen molar-refractivity contribution in [2.24, 2.45) is 5.92 Å². The second kappa shape index (κ2) is 10.0. The average Bonchev–Trinajstić information content (AvgIpc) is 3.29. The highest BCUT2D eigenvalue weighted by Gasteiger charge is 2.37. The van der Waals surface area contributed by atoms with E-state index in [-0.39, 0.29) is 16.8 Å². The predicted octanol–water partition coefficient (Wildman–Crippen LogP) is 10.4. The lowest BCUT2D eigenvalue weighted by atomic mass is 9.79. The molecule has 5 aromatic rings. The normalized spacial score (nSPS) is 13.6. The minimum atomic E-state index is -0.321. The van der Waals surface area contributed by atoms with Gasteiger partial charge in [-0.25, -0.2) is 4.39 Å². The maximum absolute atomic E-state index is 16.5. The first-order valence-corrected chi connectivity index (χ1v) is 14.9. The van der Waals surface area contributed by atoms with Crippen LogP contribution in [0.2, 0.25) is 0 Å². The van der Waals surface area contributed by atoms with E-state index in [0.29, 0.717) is 17.2 Å². The third-order valence-corrected chi connectivity index (χ3v) is 8.64. The van der Waals surface area contributed by atoms with Gasteiger partial charge in [0.15, 0.2) is 5.82 Å². The van der Waals surface area contributed by atoms with Gasteiger partial charge in [0.25, 0.3) is 0 Å². The lowest BCUT2D eigenvalue weighted by Gasteiger charge is -2.28. The maximum atomic E-state index is 16.5. The lowest BCUT2D eigenvalue weighted by molar-refractivity contribution is -0.420. The highest BCUT2D eigenvalue weighted by Crippen LogP contribution is 2.45. The molecule has 6 rings (SSSR count). The highest BCUT2D eigenvalue weighted by atomic mass is 19.1. The summed E-state index contributed by atoms with van der Waals surface area (Å²) in [5, 5.41) is 3.22. The van der Waals surface area contributed by atoms with Gasteiger partial charge in [0.05, 0.1) is 6.72 Å². The van der Waals surface area contributed by atoms with E-state index in [9.17, 15) is 0 Å². The second-order valence-electron chi connectivity index (χ2n) is 13.4. The van der Waals surface area contributed by atoms with Gasteiger partial charge in [0.1, 0.15) is 6.20 Å². The minimum Gasteiger partial charge on any atom is -0.281 e. The zero-order valence-electron chi connectivity index (χ0n) is 26.1. The van der Waals surface area contributed by atoms with E-state index in [1.807, 2.05) is 29.0 Å². The third kappa shape index (κ3) is 4.47. The van der Waals surface area contributed by atoms with Crippen LogP contribution in [-0.4, -0.2) is 11.3 Å². The van der Waals surface area contributed by atoms with Gasteiger partial charge in [-0.05, 0) is 76.1 Å². The molecule has 2 heterocycles. The monoisotopic (exact) mass is 557 g/mol. The van der Waals surface area contributed by atoms with Crippen molar-refractivity contribution in [3.05, 3.63) is 117 Å². The molecule has 214 valence electrons. The summed E-state index contributed by atoms with van der Waals surface area (Å²) in [6.45, 7) is 21.8. The van der Waals surface area contributed by atoms with E-state index in [2.05, 4.69) is 105 Å². The van der Waals surface area contributed by atoms with Crippen LogP contribution < -0.4 is 0 Å². The molecule has 0 aliphatic carbocycles. The Bertz CT molecular complexity index is 1910. The Morgan fingerprint density at radius 3 is 2.26 bits per heavy atom. The van der Waals surface area contributed by atoms with E-state index in [0.717, 1.165) is 51.2 Å². The van der Waals surface area contributed by atoms with Gasteiger partial charge in [0, 0.05) is 5.56 Å². The van der Waals surface area contributed by atoms with Gasteiger partial charge < -0.3 is 0 Å². The molecule has 0 N–H and O–H groups in total. The van der Waals surface area contributed by atoms with Crippen LogP contribution in [0.25, 0.3) is 38.9 Å². The summed E-state index contributed by atoms with van der Waals surface area (Å²) in [7, 11) is 0. The molecule has 4 aromatic carbocycles. The topological polar surface area (TPSA) is 14.3 Å². The van der Waals surface area contributed by atoms with Crippen LogP contribution in [0.15, 0.2) is 65.2 Å². The summed E-state index contributed by atoms with van der Waals surface area (Å²) < 4.78 is 24.9. The standard InChI is InChI=1S/C39H40FNO/c1-22(2)18-26-19-23(3)34(24(4)20-26)31-15-14-29-30-16-17-41(9)36(38(30)42-37(29)35(31)40)32-21-33(39(6,7)8)28-13-11-10-12-27(28)25(32)5/h10-17,19-22H,9,18H2,1-8H3. The molecule has 42 heavy (non-hydrogen) atoms. The fourth-order valence-electron chi connectivity index (χ4n) is 6.78. The molecule has 1 aliphatic rings. The van der Waals surface area contributed by atoms with Gasteiger partial charge in [0.2, 0.25) is 6.04 Å². The number of hydrogen-bond acceptors (Lipinski definition) is 0. The molecule has 0 atom stereocenters. The summed E-state index contributed by atoms with van der Waals surface area (Å²) in [5.41, 5.74) is 9.53. The summed E-state index contributed by atoms with van der Waals surface area (Å²) in [4.78, 5) is 0. The molecule has 1 aromatic heterocycles. The van der Waals surface area contributed by atoms with Crippen molar-refractivity contribution in [1.29, 1.82) is 0 Å². The highest BCUT2D eigenvalue weighted by molar-refractivity contribution is 5.95. The smallest absolute Gasteiger partial charge is 0.281 e. The molecule has 2 nitrogen and oxygen atoms in total. The van der Waals surface area contributed by atoms with Crippen LogP contribution in [0, 0.1) is 38.5 Å². The van der Waals surface area contributed by atoms with Crippen molar-refractivity contribution in [3.8, 4) is 11.1 Å². The summed E-state index contributed by atoms with van der Waals surface area (Å²) >= 11 is 0. The third-order valence-electron chi connectivity index (χ3n) is 8.64. The van der Waals surface area contributed by atoms with E-state index < -0.39 is 0 Å². The molecule has 0 radical (unpaired) electrons. The van der Waals surface area contributed by atoms with Gasteiger partial charge in [-0.3, -0.25) is 8.99 Å². The number of halogens is 1. The Kier molecular flexibility index (Phi) is 6.68. The molecule has 0 bridgehead atoms. The summed E-state index contributed by atoms with van der Waals surface area (Å²) in [6.07, 6.45) is 4.94. The second-order valence-corrected chi connectivity index (χ2v) is 13.4. The van der Waals surface area contributed by atoms with Crippen molar-refractivity contribution in [2.45, 2.75) is 67.2 Å². The molecule has 3 heteroatoms. The zero-order chi connectivity index (χ0) is 30.1. The van der Waals surface area contributed by atoms with Crippen molar-refractivity contribution >= 4 is 34.5 Å². The quantitative estimate of drug-likeness (QED) is 0.122. The van der Waals surface area contributed by atoms with Crippen LogP contribution in [0.3, 0.4) is 0 Å². The number of benzene rings is 4. The van der Waals surface area contributed by atoms with Crippen LogP contribution >= 0.6 is 0 Å². The Balaban J connectivity index is 1.55. The lowest BCUT2D eigenvalue weighted by Crippen LogP contribution is -2.21. The fourth-order valence-corrected chi connectivity index (χ4v) is 6.78. The van der Waals surface area contributed by atoms with Crippen LogP contribution in [0.5, 0.6) is 0 Å². The average molecular weight is 558 g/mol. The van der Waals surface area contributed by atoms with E-state index in [1.165, 1.54) is 21.9 Å². The first-order chi connectivity index (χ1) is 19.9. The van der Waals surface area contributed by atoms with E-state index in [4.69, 9.17) is 4.42 Å². The molecule has 0 spiro atoms. The Labute approximate surface area is 249 Å². The van der Waals surface area contributed by atoms with Crippen LogP contribution in [0.1, 0.15) is 79.3 Å².